The summed E-state index contributed by atoms with van der Waals surface area (Å²) in [6.07, 6.45) is 0.339. The number of carbonyl (C=O) groups is 1. The molecule has 4 nitrogen and oxygen atoms in total. The lowest BCUT2D eigenvalue weighted by molar-refractivity contribution is -0.127. The Morgan fingerprint density at radius 3 is 2.47 bits per heavy atom. The number of aromatic hydroxyl groups is 1. The minimum Gasteiger partial charge on any atom is -0.508 e. The number of hydrogen-bond donors (Lipinski definition) is 2. The van der Waals surface area contributed by atoms with E-state index in [-0.39, 0.29) is 17.7 Å². The third-order valence-electron chi connectivity index (χ3n) is 2.52. The van der Waals surface area contributed by atoms with Gasteiger partial charge in [0, 0.05) is 6.04 Å². The van der Waals surface area contributed by atoms with Gasteiger partial charge in [0.05, 0.1) is 0 Å². The first kappa shape index (κ1) is 13.4. The summed E-state index contributed by atoms with van der Waals surface area (Å²) in [4.78, 5) is 11.7. The van der Waals surface area contributed by atoms with Crippen molar-refractivity contribution in [2.24, 2.45) is 0 Å². The van der Waals surface area contributed by atoms with Gasteiger partial charge in [0.2, 0.25) is 0 Å². The summed E-state index contributed by atoms with van der Waals surface area (Å²) in [5, 5.41) is 12.0. The maximum atomic E-state index is 11.7. The Balaban J connectivity index is 2.51. The molecule has 2 atom stereocenters. The van der Waals surface area contributed by atoms with Crippen LogP contribution in [-0.4, -0.2) is 23.2 Å². The van der Waals surface area contributed by atoms with Crippen LogP contribution in [0.5, 0.6) is 11.5 Å². The molecule has 2 N–H and O–H groups in total. The summed E-state index contributed by atoms with van der Waals surface area (Å²) in [7, 11) is 0. The number of nitrogens with one attached hydrogen (secondary N) is 1. The molecule has 0 aliphatic heterocycles. The van der Waals surface area contributed by atoms with Gasteiger partial charge < -0.3 is 15.2 Å². The lowest BCUT2D eigenvalue weighted by atomic mass is 10.2. The second-order valence-corrected chi connectivity index (χ2v) is 4.07. The van der Waals surface area contributed by atoms with E-state index >= 15 is 0 Å². The van der Waals surface area contributed by atoms with E-state index in [0.29, 0.717) is 5.75 Å². The number of benzene rings is 1. The van der Waals surface area contributed by atoms with Gasteiger partial charge in [0.1, 0.15) is 11.5 Å². The van der Waals surface area contributed by atoms with Crippen LogP contribution in [0, 0.1) is 0 Å². The van der Waals surface area contributed by atoms with Crippen molar-refractivity contribution in [3.05, 3.63) is 24.3 Å². The zero-order valence-corrected chi connectivity index (χ0v) is 10.4. The molecule has 1 aromatic carbocycles. The van der Waals surface area contributed by atoms with Crippen LogP contribution in [0.2, 0.25) is 0 Å². The smallest absolute Gasteiger partial charge is 0.260 e. The first-order chi connectivity index (χ1) is 8.02. The van der Waals surface area contributed by atoms with Crippen molar-refractivity contribution in [3.8, 4) is 11.5 Å². The normalized spacial score (nSPS) is 13.8. The fourth-order valence-corrected chi connectivity index (χ4v) is 1.24. The van der Waals surface area contributed by atoms with Crippen LogP contribution in [0.4, 0.5) is 0 Å². The molecule has 4 heteroatoms. The first-order valence-corrected chi connectivity index (χ1v) is 5.79. The van der Waals surface area contributed by atoms with Gasteiger partial charge in [0.15, 0.2) is 6.10 Å². The summed E-state index contributed by atoms with van der Waals surface area (Å²) in [5.41, 5.74) is 0. The van der Waals surface area contributed by atoms with Crippen LogP contribution >= 0.6 is 0 Å². The topological polar surface area (TPSA) is 58.6 Å². The highest BCUT2D eigenvalue weighted by molar-refractivity contribution is 5.80. The fourth-order valence-electron chi connectivity index (χ4n) is 1.24. The van der Waals surface area contributed by atoms with Gasteiger partial charge in [-0.25, -0.2) is 0 Å². The summed E-state index contributed by atoms with van der Waals surface area (Å²) in [6.45, 7) is 5.66. The Kier molecular flexibility index (Phi) is 4.82. The van der Waals surface area contributed by atoms with Crippen LogP contribution in [0.1, 0.15) is 27.2 Å². The molecule has 0 bridgehead atoms. The Morgan fingerprint density at radius 1 is 1.35 bits per heavy atom. The Hall–Kier alpha value is -1.71. The van der Waals surface area contributed by atoms with E-state index in [9.17, 15) is 4.79 Å². The Bertz CT molecular complexity index is 361. The molecule has 1 aromatic rings. The zero-order valence-electron chi connectivity index (χ0n) is 10.4. The SMILES string of the molecule is CCC(C)NC(=O)C(C)Oc1ccc(O)cc1. The van der Waals surface area contributed by atoms with Crippen molar-refractivity contribution in [1.82, 2.24) is 5.32 Å². The summed E-state index contributed by atoms with van der Waals surface area (Å²) >= 11 is 0. The van der Waals surface area contributed by atoms with Crippen LogP contribution in [0.3, 0.4) is 0 Å². The van der Waals surface area contributed by atoms with Crippen molar-refractivity contribution in [2.75, 3.05) is 0 Å². The third-order valence-corrected chi connectivity index (χ3v) is 2.52. The highest BCUT2D eigenvalue weighted by Crippen LogP contribution is 2.17. The van der Waals surface area contributed by atoms with E-state index in [1.807, 2.05) is 13.8 Å². The standard InChI is InChI=1S/C13H19NO3/c1-4-9(2)14-13(16)10(3)17-12-7-5-11(15)6-8-12/h5-10,15H,4H2,1-3H3,(H,14,16). The number of carbonyl (C=O) groups excluding carboxylic acids is 1. The van der Waals surface area contributed by atoms with Crippen molar-refractivity contribution >= 4 is 5.91 Å². The lowest BCUT2D eigenvalue weighted by Crippen LogP contribution is -2.40. The number of ether oxygens (including phenoxy) is 1. The molecule has 0 saturated carbocycles. The molecule has 0 radical (unpaired) electrons. The molecule has 0 aromatic heterocycles. The third kappa shape index (κ3) is 4.34. The fraction of sp³-hybridized carbons (Fsp3) is 0.462. The quantitative estimate of drug-likeness (QED) is 0.824. The average molecular weight is 237 g/mol. The molecule has 0 aliphatic carbocycles. The second-order valence-electron chi connectivity index (χ2n) is 4.07. The molecular weight excluding hydrogens is 218 g/mol. The van der Waals surface area contributed by atoms with Crippen molar-refractivity contribution in [1.29, 1.82) is 0 Å². The number of phenols is 1. The monoisotopic (exact) mass is 237 g/mol. The lowest BCUT2D eigenvalue weighted by Gasteiger charge is -2.17. The minimum absolute atomic E-state index is 0.132. The van der Waals surface area contributed by atoms with Crippen LogP contribution in [-0.2, 0) is 4.79 Å². The van der Waals surface area contributed by atoms with E-state index in [2.05, 4.69) is 5.32 Å². The molecule has 0 fully saturated rings. The maximum Gasteiger partial charge on any atom is 0.260 e. The largest absolute Gasteiger partial charge is 0.508 e. The molecule has 0 aliphatic rings. The molecular formula is C13H19NO3. The summed E-state index contributed by atoms with van der Waals surface area (Å²) < 4.78 is 5.45. The van der Waals surface area contributed by atoms with Gasteiger partial charge in [-0.3, -0.25) is 4.79 Å². The number of amides is 1. The predicted molar refractivity (Wildman–Crippen MR) is 66.1 cm³/mol. The molecule has 17 heavy (non-hydrogen) atoms. The highest BCUT2D eigenvalue weighted by Gasteiger charge is 2.15. The van der Waals surface area contributed by atoms with Crippen molar-refractivity contribution in [3.63, 3.8) is 0 Å². The van der Waals surface area contributed by atoms with Crippen molar-refractivity contribution < 1.29 is 14.6 Å². The van der Waals surface area contributed by atoms with Gasteiger partial charge in [-0.1, -0.05) is 6.92 Å². The highest BCUT2D eigenvalue weighted by atomic mass is 16.5. The van der Waals surface area contributed by atoms with Gasteiger partial charge >= 0.3 is 0 Å². The van der Waals surface area contributed by atoms with Crippen LogP contribution in [0.25, 0.3) is 0 Å². The molecule has 94 valence electrons. The van der Waals surface area contributed by atoms with Gasteiger partial charge in [-0.2, -0.15) is 0 Å². The molecule has 1 rings (SSSR count). The molecule has 0 saturated heterocycles. The van der Waals surface area contributed by atoms with Crippen LogP contribution < -0.4 is 10.1 Å². The molecule has 1 amide bonds. The van der Waals surface area contributed by atoms with E-state index in [4.69, 9.17) is 9.84 Å². The predicted octanol–water partition coefficient (Wildman–Crippen LogP) is 2.07. The molecule has 0 heterocycles. The van der Waals surface area contributed by atoms with E-state index < -0.39 is 6.10 Å². The van der Waals surface area contributed by atoms with E-state index in [1.54, 1.807) is 19.1 Å². The van der Waals surface area contributed by atoms with E-state index in [1.165, 1.54) is 12.1 Å². The van der Waals surface area contributed by atoms with E-state index in [0.717, 1.165) is 6.42 Å². The number of rotatable bonds is 5. The van der Waals surface area contributed by atoms with Crippen molar-refractivity contribution in [2.45, 2.75) is 39.3 Å². The number of phenolic OH excluding ortho intramolecular Hbond substituents is 1. The zero-order chi connectivity index (χ0) is 12.8. The Labute approximate surface area is 102 Å². The molecule has 0 spiro atoms. The van der Waals surface area contributed by atoms with Gasteiger partial charge in [0.25, 0.3) is 5.91 Å². The first-order valence-electron chi connectivity index (χ1n) is 5.79. The second kappa shape index (κ2) is 6.13. The molecule has 2 unspecified atom stereocenters. The summed E-state index contributed by atoms with van der Waals surface area (Å²) in [6, 6.07) is 6.45. The summed E-state index contributed by atoms with van der Waals surface area (Å²) in [5.74, 6) is 0.607. The van der Waals surface area contributed by atoms with Gasteiger partial charge in [-0.15, -0.1) is 0 Å². The minimum atomic E-state index is -0.548. The van der Waals surface area contributed by atoms with Gasteiger partial charge in [-0.05, 0) is 44.5 Å². The van der Waals surface area contributed by atoms with Crippen LogP contribution in [0.15, 0.2) is 24.3 Å². The number of hydrogen-bond acceptors (Lipinski definition) is 3. The Morgan fingerprint density at radius 2 is 1.94 bits per heavy atom. The average Bonchev–Trinajstić information content (AvgIpc) is 2.31. The maximum absolute atomic E-state index is 11.7.